The Balaban J connectivity index is 1.79. The van der Waals surface area contributed by atoms with Crippen LogP contribution < -0.4 is 10.6 Å². The molecule has 30 heavy (non-hydrogen) atoms. The smallest absolute Gasteiger partial charge is 0.271 e. The van der Waals surface area contributed by atoms with Gasteiger partial charge in [-0.2, -0.15) is 5.26 Å². The normalized spacial score (nSPS) is 10.3. The largest absolute Gasteiger partial charge is 0.376 e. The Morgan fingerprint density at radius 1 is 1.17 bits per heavy atom. The standard InChI is InChI=1S/C22H21N5O3/c1-15-16(2)26(14-17-7-4-3-5-8-17)22(20(15)12-23)25-21(28)13-24-18-9-6-10-19(11-18)27(29)30/h3-11,24H,13-14H2,1-2H3,(H,25,28). The van der Waals surface area contributed by atoms with Gasteiger partial charge in [0.1, 0.15) is 11.9 Å². The molecule has 8 heteroatoms. The summed E-state index contributed by atoms with van der Waals surface area (Å²) >= 11 is 0. The summed E-state index contributed by atoms with van der Waals surface area (Å²) in [7, 11) is 0. The van der Waals surface area contributed by atoms with Gasteiger partial charge in [-0.25, -0.2) is 0 Å². The number of carbonyl (C=O) groups excluding carboxylic acids is 1. The highest BCUT2D eigenvalue weighted by Gasteiger charge is 2.19. The van der Waals surface area contributed by atoms with Gasteiger partial charge >= 0.3 is 0 Å². The van der Waals surface area contributed by atoms with Gasteiger partial charge < -0.3 is 15.2 Å². The van der Waals surface area contributed by atoms with Gasteiger partial charge in [0.15, 0.2) is 0 Å². The third-order valence-corrected chi connectivity index (χ3v) is 4.89. The molecule has 1 heterocycles. The number of carbonyl (C=O) groups is 1. The first-order valence-corrected chi connectivity index (χ1v) is 9.32. The van der Waals surface area contributed by atoms with Crippen molar-refractivity contribution in [3.63, 3.8) is 0 Å². The molecule has 0 fully saturated rings. The van der Waals surface area contributed by atoms with Gasteiger partial charge in [-0.05, 0) is 31.0 Å². The minimum atomic E-state index is -0.494. The molecule has 0 atom stereocenters. The van der Waals surface area contributed by atoms with Crippen LogP contribution in [0.2, 0.25) is 0 Å². The molecule has 2 aromatic carbocycles. The Hall–Kier alpha value is -4.12. The van der Waals surface area contributed by atoms with Gasteiger partial charge in [0.2, 0.25) is 5.91 Å². The molecule has 0 aliphatic rings. The van der Waals surface area contributed by atoms with Gasteiger partial charge in [0.05, 0.1) is 17.0 Å². The Bertz CT molecular complexity index is 1130. The average molecular weight is 403 g/mol. The van der Waals surface area contributed by atoms with E-state index in [-0.39, 0.29) is 18.1 Å². The monoisotopic (exact) mass is 403 g/mol. The lowest BCUT2D eigenvalue weighted by Crippen LogP contribution is -2.24. The molecule has 0 unspecified atom stereocenters. The van der Waals surface area contributed by atoms with Gasteiger partial charge in [-0.3, -0.25) is 14.9 Å². The zero-order valence-corrected chi connectivity index (χ0v) is 16.7. The van der Waals surface area contributed by atoms with Gasteiger partial charge in [-0.1, -0.05) is 36.4 Å². The van der Waals surface area contributed by atoms with Gasteiger partial charge in [0.25, 0.3) is 5.69 Å². The Labute approximate surface area is 173 Å². The van der Waals surface area contributed by atoms with Crippen molar-refractivity contribution in [3.8, 4) is 6.07 Å². The summed E-state index contributed by atoms with van der Waals surface area (Å²) in [6.45, 7) is 4.19. The van der Waals surface area contributed by atoms with Crippen LogP contribution in [0.4, 0.5) is 17.2 Å². The fourth-order valence-electron chi connectivity index (χ4n) is 3.18. The van der Waals surface area contributed by atoms with Crippen LogP contribution >= 0.6 is 0 Å². The lowest BCUT2D eigenvalue weighted by atomic mass is 10.2. The molecular weight excluding hydrogens is 382 g/mol. The maximum atomic E-state index is 12.6. The van der Waals surface area contributed by atoms with Crippen molar-refractivity contribution in [2.24, 2.45) is 0 Å². The van der Waals surface area contributed by atoms with Crippen LogP contribution in [-0.2, 0) is 11.3 Å². The van der Waals surface area contributed by atoms with E-state index >= 15 is 0 Å². The number of hydrogen-bond donors (Lipinski definition) is 2. The van der Waals surface area contributed by atoms with Crippen molar-refractivity contribution in [2.45, 2.75) is 20.4 Å². The van der Waals surface area contributed by atoms with Crippen LogP contribution in [0.25, 0.3) is 0 Å². The number of nitro benzene ring substituents is 1. The molecule has 0 saturated heterocycles. The Kier molecular flexibility index (Phi) is 6.13. The van der Waals surface area contributed by atoms with E-state index in [0.717, 1.165) is 16.8 Å². The van der Waals surface area contributed by atoms with E-state index in [1.54, 1.807) is 12.1 Å². The Morgan fingerprint density at radius 3 is 2.57 bits per heavy atom. The number of anilines is 2. The number of aromatic nitrogens is 1. The average Bonchev–Trinajstić information content (AvgIpc) is 2.97. The van der Waals surface area contributed by atoms with Crippen LogP contribution in [0, 0.1) is 35.3 Å². The summed E-state index contributed by atoms with van der Waals surface area (Å²) in [5.74, 6) is 0.0898. The van der Waals surface area contributed by atoms with Gasteiger partial charge in [0, 0.05) is 30.1 Å². The van der Waals surface area contributed by atoms with Crippen molar-refractivity contribution in [3.05, 3.63) is 87.1 Å². The van der Waals surface area contributed by atoms with E-state index < -0.39 is 4.92 Å². The van der Waals surface area contributed by atoms with Crippen LogP contribution in [0.3, 0.4) is 0 Å². The summed E-state index contributed by atoms with van der Waals surface area (Å²) in [6, 6.07) is 17.9. The van der Waals surface area contributed by atoms with E-state index in [0.29, 0.717) is 23.6 Å². The number of nitrogens with zero attached hydrogens (tertiary/aromatic N) is 3. The number of hydrogen-bond acceptors (Lipinski definition) is 5. The molecule has 0 aliphatic carbocycles. The first kappa shape index (κ1) is 20.6. The quantitative estimate of drug-likeness (QED) is 0.457. The van der Waals surface area contributed by atoms with E-state index in [1.165, 1.54) is 12.1 Å². The zero-order chi connectivity index (χ0) is 21.7. The van der Waals surface area contributed by atoms with E-state index in [1.807, 2.05) is 48.7 Å². The lowest BCUT2D eigenvalue weighted by Gasteiger charge is -2.14. The van der Waals surface area contributed by atoms with Crippen molar-refractivity contribution < 1.29 is 9.72 Å². The molecule has 152 valence electrons. The summed E-state index contributed by atoms with van der Waals surface area (Å²) in [4.78, 5) is 23.0. The minimum Gasteiger partial charge on any atom is -0.376 e. The highest BCUT2D eigenvalue weighted by molar-refractivity contribution is 5.94. The molecule has 0 saturated carbocycles. The molecule has 1 amide bonds. The fourth-order valence-corrected chi connectivity index (χ4v) is 3.18. The number of benzene rings is 2. The van der Waals surface area contributed by atoms with E-state index in [9.17, 15) is 20.2 Å². The molecule has 0 radical (unpaired) electrons. The van der Waals surface area contributed by atoms with Crippen LogP contribution in [0.15, 0.2) is 54.6 Å². The second-order valence-corrected chi connectivity index (χ2v) is 6.83. The molecule has 2 N–H and O–H groups in total. The predicted octanol–water partition coefficient (Wildman–Crippen LogP) is 3.98. The molecule has 8 nitrogen and oxygen atoms in total. The summed E-state index contributed by atoms with van der Waals surface area (Å²) in [5.41, 5.74) is 3.59. The fraction of sp³-hybridized carbons (Fsp3) is 0.182. The van der Waals surface area contributed by atoms with Gasteiger partial charge in [-0.15, -0.1) is 0 Å². The number of rotatable bonds is 7. The summed E-state index contributed by atoms with van der Waals surface area (Å²) in [5, 5.41) is 26.2. The maximum absolute atomic E-state index is 12.6. The minimum absolute atomic E-state index is 0.0600. The lowest BCUT2D eigenvalue weighted by molar-refractivity contribution is -0.384. The highest BCUT2D eigenvalue weighted by Crippen LogP contribution is 2.27. The third kappa shape index (κ3) is 4.47. The summed E-state index contributed by atoms with van der Waals surface area (Å²) < 4.78 is 1.91. The van der Waals surface area contributed by atoms with E-state index in [2.05, 4.69) is 16.7 Å². The zero-order valence-electron chi connectivity index (χ0n) is 16.7. The maximum Gasteiger partial charge on any atom is 0.271 e. The predicted molar refractivity (Wildman–Crippen MR) is 114 cm³/mol. The number of nitro groups is 1. The number of amides is 1. The van der Waals surface area contributed by atoms with E-state index in [4.69, 9.17) is 0 Å². The second kappa shape index (κ2) is 8.92. The van der Waals surface area contributed by atoms with Crippen molar-refractivity contribution >= 4 is 23.1 Å². The number of nitriles is 1. The summed E-state index contributed by atoms with van der Waals surface area (Å²) in [6.07, 6.45) is 0. The van der Waals surface area contributed by atoms with Crippen molar-refractivity contribution in [1.29, 1.82) is 5.26 Å². The molecule has 3 aromatic rings. The molecule has 0 spiro atoms. The molecule has 3 rings (SSSR count). The van der Waals surface area contributed by atoms with Crippen molar-refractivity contribution in [2.75, 3.05) is 17.2 Å². The van der Waals surface area contributed by atoms with Crippen LogP contribution in [0.5, 0.6) is 0 Å². The van der Waals surface area contributed by atoms with Crippen LogP contribution in [-0.4, -0.2) is 21.9 Å². The topological polar surface area (TPSA) is 113 Å². The molecule has 0 aliphatic heterocycles. The van der Waals surface area contributed by atoms with Crippen LogP contribution in [0.1, 0.15) is 22.4 Å². The third-order valence-electron chi connectivity index (χ3n) is 4.89. The molecule has 1 aromatic heterocycles. The first-order chi connectivity index (χ1) is 14.4. The Morgan fingerprint density at radius 2 is 1.90 bits per heavy atom. The number of non-ortho nitro benzene ring substituents is 1. The molecular formula is C22H21N5O3. The highest BCUT2D eigenvalue weighted by atomic mass is 16.6. The van der Waals surface area contributed by atoms with Crippen molar-refractivity contribution in [1.82, 2.24) is 4.57 Å². The first-order valence-electron chi connectivity index (χ1n) is 9.32. The SMILES string of the molecule is Cc1c(C#N)c(NC(=O)CNc2cccc([N+](=O)[O-])c2)n(Cc2ccccc2)c1C. The molecule has 0 bridgehead atoms. The number of nitrogens with one attached hydrogen (secondary N) is 2. The second-order valence-electron chi connectivity index (χ2n) is 6.83.